The van der Waals surface area contributed by atoms with Crippen LogP contribution >= 0.6 is 0 Å². The van der Waals surface area contributed by atoms with E-state index in [2.05, 4.69) is 10.1 Å². The average Bonchev–Trinajstić information content (AvgIpc) is 3.06. The van der Waals surface area contributed by atoms with Crippen molar-refractivity contribution in [3.63, 3.8) is 0 Å². The molecule has 0 saturated heterocycles. The lowest BCUT2D eigenvalue weighted by atomic mass is 10.3. The Morgan fingerprint density at radius 2 is 2.14 bits per heavy atom. The van der Waals surface area contributed by atoms with E-state index in [1.807, 2.05) is 6.92 Å². The third-order valence-corrected chi connectivity index (χ3v) is 3.03. The summed E-state index contributed by atoms with van der Waals surface area (Å²) in [6.07, 6.45) is 3.31. The fraction of sp³-hybridized carbons (Fsp3) is 0.333. The van der Waals surface area contributed by atoms with Crippen LogP contribution < -0.4 is 5.56 Å². The van der Waals surface area contributed by atoms with Gasteiger partial charge in [-0.3, -0.25) is 9.59 Å². The molecule has 7 heteroatoms. The number of ketones is 1. The predicted molar refractivity (Wildman–Crippen MR) is 78.8 cm³/mol. The second kappa shape index (κ2) is 7.35. The summed E-state index contributed by atoms with van der Waals surface area (Å²) in [5.41, 5.74) is 0.108. The van der Waals surface area contributed by atoms with Gasteiger partial charge >= 0.3 is 5.97 Å². The second-order valence-electron chi connectivity index (χ2n) is 4.72. The first-order valence-corrected chi connectivity index (χ1v) is 7.03. The molecule has 0 bridgehead atoms. The van der Waals surface area contributed by atoms with Gasteiger partial charge < -0.3 is 9.72 Å². The number of ether oxygens (including phenoxy) is 1. The van der Waals surface area contributed by atoms with Crippen LogP contribution in [0, 0.1) is 0 Å². The maximum atomic E-state index is 11.9. The van der Waals surface area contributed by atoms with Gasteiger partial charge in [-0.15, -0.1) is 0 Å². The van der Waals surface area contributed by atoms with Gasteiger partial charge in [-0.05, 0) is 24.6 Å². The number of carbonyl (C=O) groups is 2. The zero-order valence-corrected chi connectivity index (χ0v) is 12.2. The lowest BCUT2D eigenvalue weighted by Crippen LogP contribution is -2.25. The van der Waals surface area contributed by atoms with Crippen molar-refractivity contribution < 1.29 is 14.3 Å². The van der Waals surface area contributed by atoms with Gasteiger partial charge in [-0.1, -0.05) is 13.3 Å². The summed E-state index contributed by atoms with van der Waals surface area (Å²) in [7, 11) is 0. The van der Waals surface area contributed by atoms with Crippen LogP contribution in [0.4, 0.5) is 0 Å². The quantitative estimate of drug-likeness (QED) is 0.616. The molecule has 0 amide bonds. The molecule has 0 unspecified atom stereocenters. The Bertz CT molecular complexity index is 704. The van der Waals surface area contributed by atoms with Crippen molar-refractivity contribution in [2.45, 2.75) is 26.3 Å². The first kappa shape index (κ1) is 15.7. The molecule has 2 heterocycles. The maximum absolute atomic E-state index is 11.9. The van der Waals surface area contributed by atoms with Crippen molar-refractivity contribution in [1.82, 2.24) is 14.8 Å². The predicted octanol–water partition coefficient (Wildman–Crippen LogP) is 1.41. The molecule has 0 aliphatic heterocycles. The fourth-order valence-electron chi connectivity index (χ4n) is 1.81. The number of aromatic amines is 1. The van der Waals surface area contributed by atoms with E-state index in [4.69, 9.17) is 4.74 Å². The molecular formula is C15H17N3O4. The number of carbonyl (C=O) groups excluding carboxylic acids is 2. The van der Waals surface area contributed by atoms with Gasteiger partial charge in [0.05, 0.1) is 5.69 Å². The number of esters is 1. The van der Waals surface area contributed by atoms with Crippen molar-refractivity contribution in [2.24, 2.45) is 0 Å². The van der Waals surface area contributed by atoms with E-state index in [0.29, 0.717) is 12.2 Å². The number of aromatic nitrogens is 3. The topological polar surface area (TPSA) is 94.1 Å². The molecular weight excluding hydrogens is 286 g/mol. The SMILES string of the molecule is CCCCn1nc(C(=O)OCC(=O)c2ccc[nH]2)ccc1=O. The highest BCUT2D eigenvalue weighted by Crippen LogP contribution is 2.00. The van der Waals surface area contributed by atoms with Crippen LogP contribution in [0.25, 0.3) is 0 Å². The summed E-state index contributed by atoms with van der Waals surface area (Å²) in [6, 6.07) is 5.85. The van der Waals surface area contributed by atoms with Crippen molar-refractivity contribution in [1.29, 1.82) is 0 Å². The van der Waals surface area contributed by atoms with E-state index in [-0.39, 0.29) is 23.6 Å². The number of rotatable bonds is 7. The molecule has 0 atom stereocenters. The zero-order chi connectivity index (χ0) is 15.9. The van der Waals surface area contributed by atoms with Crippen LogP contribution in [0.3, 0.4) is 0 Å². The molecule has 0 aliphatic rings. The van der Waals surface area contributed by atoms with Crippen LogP contribution in [0.2, 0.25) is 0 Å². The van der Waals surface area contributed by atoms with Gasteiger partial charge in [0.25, 0.3) is 5.56 Å². The molecule has 0 radical (unpaired) electrons. The molecule has 0 saturated carbocycles. The molecule has 22 heavy (non-hydrogen) atoms. The molecule has 2 rings (SSSR count). The molecule has 7 nitrogen and oxygen atoms in total. The van der Waals surface area contributed by atoms with Gasteiger partial charge in [0.15, 0.2) is 12.3 Å². The number of nitrogens with one attached hydrogen (secondary N) is 1. The summed E-state index contributed by atoms with van der Waals surface area (Å²) in [5, 5.41) is 3.96. The third-order valence-electron chi connectivity index (χ3n) is 3.03. The third kappa shape index (κ3) is 3.91. The number of Topliss-reactive ketones (excluding diaryl/α,β-unsaturated/α-hetero) is 1. The fourth-order valence-corrected chi connectivity index (χ4v) is 1.81. The molecule has 2 aromatic rings. The smallest absolute Gasteiger partial charge is 0.359 e. The Morgan fingerprint density at radius 3 is 2.82 bits per heavy atom. The van der Waals surface area contributed by atoms with E-state index in [1.165, 1.54) is 16.8 Å². The van der Waals surface area contributed by atoms with E-state index in [1.54, 1.807) is 18.3 Å². The van der Waals surface area contributed by atoms with E-state index >= 15 is 0 Å². The molecule has 0 aliphatic carbocycles. The summed E-state index contributed by atoms with van der Waals surface area (Å²) in [6.45, 7) is 2.06. The Labute approximate surface area is 126 Å². The minimum Gasteiger partial charge on any atom is -0.452 e. The van der Waals surface area contributed by atoms with Crippen molar-refractivity contribution in [2.75, 3.05) is 6.61 Å². The second-order valence-corrected chi connectivity index (χ2v) is 4.72. The Balaban J connectivity index is 2.00. The highest BCUT2D eigenvalue weighted by molar-refractivity contribution is 5.97. The van der Waals surface area contributed by atoms with E-state index < -0.39 is 5.97 Å². The summed E-state index contributed by atoms with van der Waals surface area (Å²) in [5.74, 6) is -1.07. The summed E-state index contributed by atoms with van der Waals surface area (Å²) >= 11 is 0. The number of nitrogens with zero attached hydrogens (tertiary/aromatic N) is 2. The highest BCUT2D eigenvalue weighted by Gasteiger charge is 2.14. The first-order chi connectivity index (χ1) is 10.6. The zero-order valence-electron chi connectivity index (χ0n) is 12.2. The molecule has 0 aromatic carbocycles. The van der Waals surface area contributed by atoms with Gasteiger partial charge in [0, 0.05) is 18.8 Å². The molecule has 116 valence electrons. The number of hydrogen-bond donors (Lipinski definition) is 1. The monoisotopic (exact) mass is 303 g/mol. The van der Waals surface area contributed by atoms with Crippen molar-refractivity contribution >= 4 is 11.8 Å². The lowest BCUT2D eigenvalue weighted by Gasteiger charge is -2.06. The molecule has 1 N–H and O–H groups in total. The van der Waals surface area contributed by atoms with E-state index in [0.717, 1.165) is 12.8 Å². The average molecular weight is 303 g/mol. The van der Waals surface area contributed by atoms with Crippen LogP contribution in [0.15, 0.2) is 35.3 Å². The standard InChI is InChI=1S/C15H17N3O4/c1-2-3-9-18-14(20)7-6-12(17-18)15(21)22-10-13(19)11-5-4-8-16-11/h4-8,16H,2-3,9-10H2,1H3. The molecule has 2 aromatic heterocycles. The normalized spacial score (nSPS) is 10.4. The van der Waals surface area contributed by atoms with Crippen LogP contribution in [-0.4, -0.2) is 33.1 Å². The largest absolute Gasteiger partial charge is 0.452 e. The number of aryl methyl sites for hydroxylation is 1. The van der Waals surface area contributed by atoms with Crippen LogP contribution in [-0.2, 0) is 11.3 Å². The Hall–Kier alpha value is -2.70. The highest BCUT2D eigenvalue weighted by atomic mass is 16.5. The Kier molecular flexibility index (Phi) is 5.24. The van der Waals surface area contributed by atoms with Gasteiger partial charge in [-0.25, -0.2) is 9.48 Å². The van der Waals surface area contributed by atoms with Crippen LogP contribution in [0.5, 0.6) is 0 Å². The number of H-pyrrole nitrogens is 1. The first-order valence-electron chi connectivity index (χ1n) is 7.03. The number of hydrogen-bond acceptors (Lipinski definition) is 5. The minimum absolute atomic E-state index is 0.00925. The maximum Gasteiger partial charge on any atom is 0.359 e. The van der Waals surface area contributed by atoms with Gasteiger partial charge in [0.2, 0.25) is 5.78 Å². The van der Waals surface area contributed by atoms with Crippen LogP contribution in [0.1, 0.15) is 40.7 Å². The van der Waals surface area contributed by atoms with Gasteiger partial charge in [-0.2, -0.15) is 5.10 Å². The molecule has 0 fully saturated rings. The Morgan fingerprint density at radius 1 is 1.32 bits per heavy atom. The summed E-state index contributed by atoms with van der Waals surface area (Å²) in [4.78, 5) is 38.0. The van der Waals surface area contributed by atoms with Crippen molar-refractivity contribution in [3.8, 4) is 0 Å². The van der Waals surface area contributed by atoms with Crippen molar-refractivity contribution in [3.05, 3.63) is 52.2 Å². The van der Waals surface area contributed by atoms with E-state index in [9.17, 15) is 14.4 Å². The lowest BCUT2D eigenvalue weighted by molar-refractivity contribution is 0.0465. The molecule has 0 spiro atoms. The summed E-state index contributed by atoms with van der Waals surface area (Å²) < 4.78 is 6.16. The van der Waals surface area contributed by atoms with Gasteiger partial charge in [0.1, 0.15) is 0 Å². The number of unbranched alkanes of at least 4 members (excludes halogenated alkanes) is 1. The minimum atomic E-state index is -0.731.